The van der Waals surface area contributed by atoms with Gasteiger partial charge >= 0.3 is 0 Å². The third-order valence-corrected chi connectivity index (χ3v) is 26.6. The number of nitrogens with zero attached hydrogens (tertiary/aromatic N) is 4. The summed E-state index contributed by atoms with van der Waals surface area (Å²) < 4.78 is 28.1. The molecule has 0 saturated heterocycles. The maximum Gasteiger partial charge on any atom is 0.159 e. The van der Waals surface area contributed by atoms with Crippen LogP contribution < -0.4 is 19.6 Å². The summed E-state index contributed by atoms with van der Waals surface area (Å²) in [5.74, 6) is 0. The average molecular weight is 1660 g/mol. The van der Waals surface area contributed by atoms with Crippen molar-refractivity contribution in [3.05, 3.63) is 386 Å². The van der Waals surface area contributed by atoms with Crippen molar-refractivity contribution in [1.29, 1.82) is 0 Å². The molecule has 0 unspecified atom stereocenters. The van der Waals surface area contributed by atoms with Crippen molar-refractivity contribution in [1.82, 2.24) is 0 Å². The summed E-state index contributed by atoms with van der Waals surface area (Å²) in [6, 6.07) is 132. The number of anilines is 12. The zero-order valence-corrected chi connectivity index (χ0v) is 73.3. The van der Waals surface area contributed by atoms with E-state index < -0.39 is 0 Å². The van der Waals surface area contributed by atoms with Gasteiger partial charge in [0.2, 0.25) is 0 Å². The number of unbranched alkanes of at least 4 members (excludes halogenated alkanes) is 2. The molecule has 0 aliphatic rings. The lowest BCUT2D eigenvalue weighted by molar-refractivity contribution is 0.572. The molecule has 4 heterocycles. The standard InChI is InChI=1S/2C60H48N2O2/c1-59(2,3)47-25-13-21-41-43-23-15-27-51(57(43)63-55(41)47)61(39-17-9-7-10-18-39)49-35-31-37-30-34-46-50(36-32-38-29-33-45(49)53(37)54(38)46)62(40-19-11-8-12-20-40)52-28-16-24-44-42-22-14-26-48(60(4,5)6)56(42)64-58(44)52;1-3-5-17-41-19-13-25-45-47-27-15-29-53(59(47)63-57(41)45)61(43-21-9-7-10-22-43)51-37-33-39-32-36-50-52(38-34-40-31-35-49(51)55(39)56(40)50)62(44-23-11-8-12-24-44)54-30-16-28-48-46-26-14-20-42(18-6-4-2)58(46)64-60(48)54/h7-36H,1-6H3;7-16,19-38H,3-6,17-18H2,1-2H3. The maximum absolute atomic E-state index is 7.03. The molecule has 0 amide bonds. The second-order valence-corrected chi connectivity index (χ2v) is 36.6. The molecule has 24 rings (SSSR count). The third-order valence-electron chi connectivity index (χ3n) is 26.6. The summed E-state index contributed by atoms with van der Waals surface area (Å²) in [4.78, 5) is 9.57. The van der Waals surface area contributed by atoms with Crippen molar-refractivity contribution < 1.29 is 17.7 Å². The summed E-state index contributed by atoms with van der Waals surface area (Å²) in [5, 5.41) is 23.5. The highest BCUT2D eigenvalue weighted by atomic mass is 16.3. The zero-order chi connectivity index (χ0) is 86.2. The third kappa shape index (κ3) is 12.7. The summed E-state index contributed by atoms with van der Waals surface area (Å²) in [6.45, 7) is 18.0. The topological polar surface area (TPSA) is 65.5 Å². The molecule has 20 aromatic carbocycles. The number of hydrogen-bond donors (Lipinski definition) is 0. The minimum Gasteiger partial charge on any atom is -0.454 e. The Morgan fingerprint density at radius 1 is 0.195 bits per heavy atom. The van der Waals surface area contributed by atoms with Crippen molar-refractivity contribution in [3.8, 4) is 0 Å². The van der Waals surface area contributed by atoms with Crippen LogP contribution in [0.2, 0.25) is 0 Å². The lowest BCUT2D eigenvalue weighted by Gasteiger charge is -2.29. The summed E-state index contributed by atoms with van der Waals surface area (Å²) in [5.41, 5.74) is 24.9. The number of aryl methyl sites for hydroxylation is 2. The van der Waals surface area contributed by atoms with Crippen LogP contribution in [0.5, 0.6) is 0 Å². The Morgan fingerprint density at radius 3 is 0.680 bits per heavy atom. The van der Waals surface area contributed by atoms with Crippen LogP contribution in [-0.2, 0) is 23.7 Å². The van der Waals surface area contributed by atoms with Gasteiger partial charge in [0.25, 0.3) is 0 Å². The van der Waals surface area contributed by atoms with Gasteiger partial charge in [-0.25, -0.2) is 0 Å². The number of para-hydroxylation sites is 12. The van der Waals surface area contributed by atoms with E-state index in [0.717, 1.165) is 184 Å². The maximum atomic E-state index is 7.03. The van der Waals surface area contributed by atoms with E-state index >= 15 is 0 Å². The Balaban J connectivity index is 0.000000146. The molecular weight excluding hydrogens is 1560 g/mol. The van der Waals surface area contributed by atoms with Crippen LogP contribution in [0.1, 0.15) is 103 Å². The van der Waals surface area contributed by atoms with Crippen molar-refractivity contribution in [3.63, 3.8) is 0 Å². The van der Waals surface area contributed by atoms with Gasteiger partial charge in [-0.1, -0.05) is 335 Å². The largest absolute Gasteiger partial charge is 0.454 e. The highest BCUT2D eigenvalue weighted by molar-refractivity contribution is 6.31. The van der Waals surface area contributed by atoms with Gasteiger partial charge < -0.3 is 37.3 Å². The van der Waals surface area contributed by atoms with E-state index in [0.29, 0.717) is 0 Å². The van der Waals surface area contributed by atoms with Crippen LogP contribution in [0.25, 0.3) is 152 Å². The quantitative estimate of drug-likeness (QED) is 0.0788. The van der Waals surface area contributed by atoms with E-state index in [1.807, 2.05) is 0 Å². The molecule has 4 aromatic heterocycles. The molecule has 0 aliphatic carbocycles. The Bertz CT molecular complexity index is 7900. The fourth-order valence-electron chi connectivity index (χ4n) is 20.6. The van der Waals surface area contributed by atoms with Crippen molar-refractivity contribution in [2.24, 2.45) is 0 Å². The Kier molecular flexibility index (Phi) is 18.8. The first-order valence-corrected chi connectivity index (χ1v) is 45.3. The predicted octanol–water partition coefficient (Wildman–Crippen LogP) is 35.9. The lowest BCUT2D eigenvalue weighted by Crippen LogP contribution is -2.12. The van der Waals surface area contributed by atoms with Gasteiger partial charge in [0.1, 0.15) is 22.3 Å². The molecule has 8 nitrogen and oxygen atoms in total. The molecule has 128 heavy (non-hydrogen) atoms. The molecule has 0 saturated carbocycles. The second kappa shape index (κ2) is 30.9. The number of hydrogen-bond acceptors (Lipinski definition) is 8. The van der Waals surface area contributed by atoms with Gasteiger partial charge in [-0.05, 0) is 188 Å². The number of rotatable bonds is 18. The summed E-state index contributed by atoms with van der Waals surface area (Å²) in [6.07, 6.45) is 6.53. The van der Waals surface area contributed by atoms with Crippen LogP contribution in [0.15, 0.2) is 382 Å². The molecule has 0 bridgehead atoms. The zero-order valence-electron chi connectivity index (χ0n) is 73.3. The van der Waals surface area contributed by atoms with Crippen molar-refractivity contribution in [2.45, 2.75) is 105 Å². The van der Waals surface area contributed by atoms with Crippen LogP contribution in [0.3, 0.4) is 0 Å². The Hall–Kier alpha value is -15.1. The van der Waals surface area contributed by atoms with Crippen LogP contribution in [0.4, 0.5) is 68.2 Å². The molecule has 0 fully saturated rings. The second-order valence-electron chi connectivity index (χ2n) is 36.6. The first kappa shape index (κ1) is 77.7. The number of fused-ring (bicyclic) bond motifs is 12. The molecule has 0 spiro atoms. The monoisotopic (exact) mass is 1660 g/mol. The SMILES string of the molecule is CC(C)(C)c1cccc2c1oc1c(N(c3ccccc3)c3ccc4ccc5c(N(c6ccccc6)c6cccc7c6oc6c(C(C)(C)C)cccc67)ccc6ccc3c4c65)cccc12.CCCCc1cccc2c1oc1c(N(c3ccccc3)c3ccc4ccc5c(N(c6ccccc6)c6cccc7c6oc6c(CCCC)cccc67)ccc6ccc3c4c65)cccc12. The van der Waals surface area contributed by atoms with Gasteiger partial charge in [-0.2, -0.15) is 0 Å². The van der Waals surface area contributed by atoms with E-state index in [1.54, 1.807) is 0 Å². The van der Waals surface area contributed by atoms with Gasteiger partial charge in [0.15, 0.2) is 22.3 Å². The van der Waals surface area contributed by atoms with Gasteiger partial charge in [0.05, 0.1) is 45.5 Å². The molecule has 620 valence electrons. The van der Waals surface area contributed by atoms with E-state index in [1.165, 1.54) is 97.7 Å². The normalized spacial score (nSPS) is 12.2. The van der Waals surface area contributed by atoms with Crippen molar-refractivity contribution in [2.75, 3.05) is 19.6 Å². The van der Waals surface area contributed by atoms with Gasteiger partial charge in [-0.3, -0.25) is 0 Å². The first-order valence-electron chi connectivity index (χ1n) is 45.3. The highest BCUT2D eigenvalue weighted by Gasteiger charge is 2.32. The molecule has 24 aromatic rings. The van der Waals surface area contributed by atoms with Gasteiger partial charge in [0, 0.05) is 98.5 Å². The fourth-order valence-corrected chi connectivity index (χ4v) is 20.6. The summed E-state index contributed by atoms with van der Waals surface area (Å²) in [7, 11) is 0. The van der Waals surface area contributed by atoms with Crippen LogP contribution in [0, 0.1) is 0 Å². The van der Waals surface area contributed by atoms with E-state index in [-0.39, 0.29) is 10.8 Å². The lowest BCUT2D eigenvalue weighted by atomic mass is 9.86. The first-order chi connectivity index (χ1) is 62.7. The molecule has 8 heteroatoms. The number of benzene rings is 20. The van der Waals surface area contributed by atoms with Crippen LogP contribution in [-0.4, -0.2) is 0 Å². The minimum absolute atomic E-state index is 0.0813. The van der Waals surface area contributed by atoms with Gasteiger partial charge in [-0.15, -0.1) is 0 Å². The molecule has 0 radical (unpaired) electrons. The number of furan rings is 4. The van der Waals surface area contributed by atoms with E-state index in [2.05, 4.69) is 439 Å². The molecule has 0 N–H and O–H groups in total. The molecule has 0 atom stereocenters. The molecule has 0 aliphatic heterocycles. The van der Waals surface area contributed by atoms with E-state index in [9.17, 15) is 0 Å². The smallest absolute Gasteiger partial charge is 0.159 e. The Labute approximate surface area is 744 Å². The van der Waals surface area contributed by atoms with E-state index in [4.69, 9.17) is 17.7 Å². The van der Waals surface area contributed by atoms with Crippen molar-refractivity contribution >= 4 is 221 Å². The average Bonchev–Trinajstić information content (AvgIpc) is 0.900. The fraction of sp³-hybridized carbons (Fsp3) is 0.133. The molecular formula is C120H96N4O4. The Morgan fingerprint density at radius 2 is 0.422 bits per heavy atom. The predicted molar refractivity (Wildman–Crippen MR) is 543 cm³/mol. The summed E-state index contributed by atoms with van der Waals surface area (Å²) >= 11 is 0. The highest BCUT2D eigenvalue weighted by Crippen LogP contribution is 2.55. The van der Waals surface area contributed by atoms with Crippen LogP contribution >= 0.6 is 0 Å². The minimum atomic E-state index is -0.0813.